The Hall–Kier alpha value is 1.10. The van der Waals surface area contributed by atoms with Crippen LogP contribution in [0.1, 0.15) is 0 Å². The molecule has 0 amide bonds. The van der Waals surface area contributed by atoms with Crippen molar-refractivity contribution in [3.05, 3.63) is 12.7 Å². The van der Waals surface area contributed by atoms with Crippen LogP contribution in [0.5, 0.6) is 0 Å². The average molecular weight is 203 g/mol. The van der Waals surface area contributed by atoms with Crippen molar-refractivity contribution in [2.24, 2.45) is 0 Å². The van der Waals surface area contributed by atoms with Crippen LogP contribution in [0, 0.1) is 0 Å². The van der Waals surface area contributed by atoms with Crippen LogP contribution in [0.15, 0.2) is 12.7 Å². The molecule has 37 valence electrons. The van der Waals surface area contributed by atoms with Gasteiger partial charge < -0.3 is 0 Å². The summed E-state index contributed by atoms with van der Waals surface area (Å²) in [6, 6.07) is 0. The van der Waals surface area contributed by atoms with Crippen molar-refractivity contribution in [2.45, 2.75) is 5.02 Å². The molecule has 4 heteroatoms. The molecule has 0 aromatic rings. The molecule has 0 heterocycles. The van der Waals surface area contributed by atoms with E-state index in [9.17, 15) is 0 Å². The Kier molecular flexibility index (Phi) is 24.6. The fourth-order valence-electron chi connectivity index (χ4n) is 0. The quantitative estimate of drug-likeness (QED) is 0.361. The first-order chi connectivity index (χ1) is 3.33. The van der Waals surface area contributed by atoms with Crippen LogP contribution in [0.2, 0.25) is 5.02 Å². The summed E-state index contributed by atoms with van der Waals surface area (Å²) in [6.07, 6.45) is 2.18. The van der Waals surface area contributed by atoms with Gasteiger partial charge in [0.1, 0.15) is 0 Å². The van der Waals surface area contributed by atoms with Gasteiger partial charge in [-0.2, -0.15) is 0 Å². The van der Waals surface area contributed by atoms with Gasteiger partial charge in [-0.15, -0.1) is 0 Å². The summed E-state index contributed by atoms with van der Waals surface area (Å²) in [7, 11) is 0. The molecule has 0 saturated carbocycles. The first kappa shape index (κ1) is 11.0. The predicted molar refractivity (Wildman–Crippen MR) is 38.0 cm³/mol. The van der Waals surface area contributed by atoms with Gasteiger partial charge in [-0.25, -0.2) is 0 Å². The Morgan fingerprint density at radius 1 is 1.71 bits per heavy atom. The van der Waals surface area contributed by atoms with Crippen LogP contribution in [-0.4, -0.2) is 0 Å². The molecular formula is C3H6PS2Zn. The molecule has 0 aliphatic rings. The van der Waals surface area contributed by atoms with E-state index >= 15 is 0 Å². The van der Waals surface area contributed by atoms with Gasteiger partial charge in [0.05, 0.1) is 0 Å². The minimum atomic E-state index is 0.250. The molecule has 0 atom stereocenters. The van der Waals surface area contributed by atoms with E-state index in [4.69, 9.17) is 0 Å². The number of allylic oxidation sites excluding steroid dienone is 1. The smallest absolute Gasteiger partial charge is 0.00375 e. The fraction of sp³-hybridized carbons (Fsp3) is 0.333. The SMILES string of the molecule is C=C[CH2][Zn].S=[PH]=S. The zero-order chi connectivity index (χ0) is 6.12. The number of hydrogen-bond donors (Lipinski definition) is 0. The van der Waals surface area contributed by atoms with E-state index in [2.05, 4.69) is 30.2 Å². The summed E-state index contributed by atoms with van der Waals surface area (Å²) in [4.78, 5) is 0. The zero-order valence-corrected chi connectivity index (χ0v) is 9.62. The van der Waals surface area contributed by atoms with E-state index in [0.717, 1.165) is 0 Å². The van der Waals surface area contributed by atoms with Crippen molar-refractivity contribution in [1.29, 1.82) is 0 Å². The van der Waals surface area contributed by atoms with E-state index in [0.29, 0.717) is 0 Å². The van der Waals surface area contributed by atoms with Gasteiger partial charge in [0.25, 0.3) is 0 Å². The van der Waals surface area contributed by atoms with Crippen LogP contribution in [-0.2, 0) is 41.9 Å². The third-order valence-corrected chi connectivity index (χ3v) is 1.06. The Morgan fingerprint density at radius 2 is 1.86 bits per heavy atom. The monoisotopic (exact) mass is 201 g/mol. The molecule has 7 heavy (non-hydrogen) atoms. The normalized spacial score (nSPS) is 5.43. The molecule has 0 N–H and O–H groups in total. The topological polar surface area (TPSA) is 0 Å². The van der Waals surface area contributed by atoms with Crippen LogP contribution in [0.3, 0.4) is 0 Å². The largest absolute Gasteiger partial charge is 0.0543 e. The second-order valence-electron chi connectivity index (χ2n) is 0.661. The third kappa shape index (κ3) is 41.8. The summed E-state index contributed by atoms with van der Waals surface area (Å²) in [5.74, 6) is 0. The van der Waals surface area contributed by atoms with Gasteiger partial charge >= 0.3 is 36.0 Å². The maximum atomic E-state index is 4.24. The minimum absolute atomic E-state index is 0.250. The van der Waals surface area contributed by atoms with Gasteiger partial charge in [-0.1, -0.05) is 23.6 Å². The molecule has 0 radical (unpaired) electrons. The maximum Gasteiger partial charge on any atom is -0.00375 e. The van der Waals surface area contributed by atoms with Gasteiger partial charge in [0.15, 0.2) is 0 Å². The summed E-state index contributed by atoms with van der Waals surface area (Å²) in [5, 5.41) is 1.21. The molecule has 0 saturated heterocycles. The molecule has 0 aliphatic heterocycles. The second kappa shape index (κ2) is 15.7. The van der Waals surface area contributed by atoms with E-state index in [1.807, 2.05) is 6.08 Å². The van der Waals surface area contributed by atoms with Crippen molar-refractivity contribution in [3.8, 4) is 0 Å². The van der Waals surface area contributed by atoms with Gasteiger partial charge in [0, 0.05) is 0 Å². The zero-order valence-electron chi connectivity index (χ0n) is 4.02. The summed E-state index contributed by atoms with van der Waals surface area (Å²) in [6.45, 7) is 3.51. The molecule has 0 aromatic carbocycles. The number of hydrogen-bond acceptors (Lipinski definition) is 2. The van der Waals surface area contributed by atoms with Crippen molar-refractivity contribution < 1.29 is 18.3 Å². The van der Waals surface area contributed by atoms with Gasteiger partial charge in [-0.3, -0.25) is 0 Å². The third-order valence-electron chi connectivity index (χ3n) is 0.204. The van der Waals surface area contributed by atoms with Crippen LogP contribution in [0.4, 0.5) is 0 Å². The minimum Gasteiger partial charge on any atom is -0.0543 e. The van der Waals surface area contributed by atoms with E-state index in [-0.39, 0.29) is 6.13 Å². The predicted octanol–water partition coefficient (Wildman–Crippen LogP) is 1.73. The second-order valence-corrected chi connectivity index (χ2v) is 4.04. The first-order valence-electron chi connectivity index (χ1n) is 1.72. The molecule has 0 fully saturated rings. The van der Waals surface area contributed by atoms with Crippen LogP contribution < -0.4 is 0 Å². The Bertz CT molecular complexity index is 67.3. The molecular weight excluding hydrogens is 197 g/mol. The standard InChI is InChI=1S/C3H5.HPS2.Zn/c1-3-2;2-1-3;/h3H,1-2H2;1H;. The van der Waals surface area contributed by atoms with Crippen LogP contribution in [0.25, 0.3) is 0 Å². The van der Waals surface area contributed by atoms with Crippen molar-refractivity contribution in [3.63, 3.8) is 0 Å². The molecule has 0 bridgehead atoms. The van der Waals surface area contributed by atoms with Crippen LogP contribution >= 0.6 is 6.13 Å². The summed E-state index contributed by atoms with van der Waals surface area (Å²) in [5.41, 5.74) is 0. The molecule has 0 unspecified atom stereocenters. The van der Waals surface area contributed by atoms with Crippen molar-refractivity contribution in [2.75, 3.05) is 0 Å². The molecule has 0 aromatic heterocycles. The molecule has 0 aliphatic carbocycles. The van der Waals surface area contributed by atoms with E-state index in [1.165, 1.54) is 23.3 Å². The van der Waals surface area contributed by atoms with Crippen molar-refractivity contribution in [1.82, 2.24) is 0 Å². The van der Waals surface area contributed by atoms with Gasteiger partial charge in [0.2, 0.25) is 0 Å². The van der Waals surface area contributed by atoms with Crippen molar-refractivity contribution >= 4 is 29.7 Å². The fourth-order valence-corrected chi connectivity index (χ4v) is 0. The summed E-state index contributed by atoms with van der Waals surface area (Å²) >= 11 is 9.82. The van der Waals surface area contributed by atoms with E-state index < -0.39 is 0 Å². The Balaban J connectivity index is 0. The Morgan fingerprint density at radius 3 is 1.86 bits per heavy atom. The Labute approximate surface area is 65.6 Å². The number of rotatable bonds is 1. The maximum absolute atomic E-state index is 4.24. The first-order valence-corrected chi connectivity index (χ1v) is 7.09. The van der Waals surface area contributed by atoms with E-state index in [1.54, 1.807) is 0 Å². The van der Waals surface area contributed by atoms with Gasteiger partial charge in [-0.05, 0) is 6.13 Å². The molecule has 0 spiro atoms. The molecule has 0 rings (SSSR count). The molecule has 0 nitrogen and oxygen atoms in total. The average Bonchev–Trinajstić information content (AvgIpc) is 1.69. The summed E-state index contributed by atoms with van der Waals surface area (Å²) < 4.78 is 0.